The van der Waals surface area contributed by atoms with E-state index in [1.54, 1.807) is 0 Å². The molecule has 2 fully saturated rings. The van der Waals surface area contributed by atoms with Crippen LogP contribution in [0.2, 0.25) is 0 Å². The molecule has 0 saturated carbocycles. The molecule has 0 aromatic heterocycles. The molecule has 2 heterocycles. The molecule has 2 aliphatic rings. The second kappa shape index (κ2) is 5.83. The zero-order chi connectivity index (χ0) is 10.5. The quantitative estimate of drug-likeness (QED) is 0.769. The molecule has 0 spiro atoms. The molecule has 0 radical (unpaired) electrons. The topological polar surface area (TPSA) is 30.5 Å². The van der Waals surface area contributed by atoms with Crippen molar-refractivity contribution in [1.82, 2.24) is 5.32 Å². The predicted molar refractivity (Wildman–Crippen MR) is 60.0 cm³/mol. The van der Waals surface area contributed by atoms with Crippen molar-refractivity contribution < 1.29 is 9.47 Å². The van der Waals surface area contributed by atoms with E-state index in [4.69, 9.17) is 9.47 Å². The average Bonchev–Trinajstić information content (AvgIpc) is 2.81. The van der Waals surface area contributed by atoms with Crippen molar-refractivity contribution in [2.45, 2.75) is 44.2 Å². The Hall–Kier alpha value is -0.120. The smallest absolute Gasteiger partial charge is 0.0590 e. The summed E-state index contributed by atoms with van der Waals surface area (Å²) >= 11 is 0. The van der Waals surface area contributed by atoms with Gasteiger partial charge >= 0.3 is 0 Å². The zero-order valence-electron chi connectivity index (χ0n) is 9.71. The van der Waals surface area contributed by atoms with Crippen LogP contribution in [0.25, 0.3) is 0 Å². The minimum atomic E-state index is 0.483. The van der Waals surface area contributed by atoms with Crippen molar-refractivity contribution in [3.63, 3.8) is 0 Å². The number of hydrogen-bond acceptors (Lipinski definition) is 3. The molecule has 15 heavy (non-hydrogen) atoms. The van der Waals surface area contributed by atoms with Crippen molar-refractivity contribution in [2.24, 2.45) is 5.92 Å². The first-order valence-corrected chi connectivity index (χ1v) is 6.26. The molecular weight excluding hydrogens is 190 g/mol. The van der Waals surface area contributed by atoms with Crippen LogP contribution in [0.4, 0.5) is 0 Å². The fraction of sp³-hybridized carbons (Fsp3) is 1.00. The molecule has 88 valence electrons. The van der Waals surface area contributed by atoms with Gasteiger partial charge in [-0.1, -0.05) is 0 Å². The normalized spacial score (nSPS) is 34.2. The van der Waals surface area contributed by atoms with Crippen LogP contribution in [0.3, 0.4) is 0 Å². The lowest BCUT2D eigenvalue weighted by Gasteiger charge is -2.29. The number of rotatable bonds is 4. The van der Waals surface area contributed by atoms with E-state index in [2.05, 4.69) is 12.4 Å². The van der Waals surface area contributed by atoms with Crippen LogP contribution in [-0.2, 0) is 9.47 Å². The molecule has 3 heteroatoms. The van der Waals surface area contributed by atoms with Crippen LogP contribution in [0.1, 0.15) is 32.1 Å². The molecule has 1 N–H and O–H groups in total. The summed E-state index contributed by atoms with van der Waals surface area (Å²) in [7, 11) is 2.06. The fourth-order valence-electron chi connectivity index (χ4n) is 2.69. The SMILES string of the molecule is CNC(CC1CCCCO1)C1CCOC1. The van der Waals surface area contributed by atoms with Gasteiger partial charge in [0.2, 0.25) is 0 Å². The van der Waals surface area contributed by atoms with Crippen LogP contribution in [0.5, 0.6) is 0 Å². The third-order valence-electron chi connectivity index (χ3n) is 3.70. The van der Waals surface area contributed by atoms with Gasteiger partial charge in [0, 0.05) is 19.3 Å². The first-order valence-electron chi connectivity index (χ1n) is 6.26. The summed E-state index contributed by atoms with van der Waals surface area (Å²) in [6.45, 7) is 2.83. The zero-order valence-corrected chi connectivity index (χ0v) is 9.71. The monoisotopic (exact) mass is 213 g/mol. The minimum Gasteiger partial charge on any atom is -0.381 e. The van der Waals surface area contributed by atoms with E-state index in [0.29, 0.717) is 18.1 Å². The maximum absolute atomic E-state index is 5.79. The van der Waals surface area contributed by atoms with Crippen LogP contribution < -0.4 is 5.32 Å². The second-order valence-electron chi connectivity index (χ2n) is 4.74. The summed E-state index contributed by atoms with van der Waals surface area (Å²) in [5, 5.41) is 3.43. The van der Waals surface area contributed by atoms with Crippen LogP contribution >= 0.6 is 0 Å². The molecule has 0 amide bonds. The Morgan fingerprint density at radius 2 is 2.20 bits per heavy atom. The van der Waals surface area contributed by atoms with Crippen molar-refractivity contribution in [3.8, 4) is 0 Å². The molecule has 3 unspecified atom stereocenters. The van der Waals surface area contributed by atoms with Crippen LogP contribution in [0, 0.1) is 5.92 Å². The van der Waals surface area contributed by atoms with Crippen molar-refractivity contribution >= 4 is 0 Å². The molecule has 0 bridgehead atoms. The highest BCUT2D eigenvalue weighted by atomic mass is 16.5. The molecule has 0 aromatic rings. The number of nitrogens with one attached hydrogen (secondary N) is 1. The summed E-state index contributed by atoms with van der Waals surface area (Å²) in [5.41, 5.74) is 0. The van der Waals surface area contributed by atoms with E-state index in [0.717, 1.165) is 26.2 Å². The Bertz CT molecular complexity index is 174. The van der Waals surface area contributed by atoms with Gasteiger partial charge in [-0.05, 0) is 45.1 Å². The van der Waals surface area contributed by atoms with Crippen molar-refractivity contribution in [2.75, 3.05) is 26.9 Å². The molecular formula is C12H23NO2. The van der Waals surface area contributed by atoms with Gasteiger partial charge in [0.1, 0.15) is 0 Å². The summed E-state index contributed by atoms with van der Waals surface area (Å²) in [6.07, 6.45) is 6.67. The Balaban J connectivity index is 1.78. The van der Waals surface area contributed by atoms with E-state index in [1.165, 1.54) is 25.7 Å². The average molecular weight is 213 g/mol. The van der Waals surface area contributed by atoms with Gasteiger partial charge in [0.25, 0.3) is 0 Å². The van der Waals surface area contributed by atoms with Gasteiger partial charge in [0.15, 0.2) is 0 Å². The largest absolute Gasteiger partial charge is 0.381 e. The van der Waals surface area contributed by atoms with E-state index < -0.39 is 0 Å². The summed E-state index contributed by atoms with van der Waals surface area (Å²) in [4.78, 5) is 0. The number of ether oxygens (including phenoxy) is 2. The van der Waals surface area contributed by atoms with E-state index in [-0.39, 0.29) is 0 Å². The van der Waals surface area contributed by atoms with Crippen molar-refractivity contribution in [1.29, 1.82) is 0 Å². The highest BCUT2D eigenvalue weighted by molar-refractivity contribution is 4.81. The third-order valence-corrected chi connectivity index (χ3v) is 3.70. The Morgan fingerprint density at radius 3 is 2.80 bits per heavy atom. The van der Waals surface area contributed by atoms with Crippen molar-refractivity contribution in [3.05, 3.63) is 0 Å². The third kappa shape index (κ3) is 3.16. The lowest BCUT2D eigenvalue weighted by Crippen LogP contribution is -2.38. The minimum absolute atomic E-state index is 0.483. The second-order valence-corrected chi connectivity index (χ2v) is 4.74. The van der Waals surface area contributed by atoms with Gasteiger partial charge in [-0.2, -0.15) is 0 Å². The van der Waals surface area contributed by atoms with E-state index in [1.807, 2.05) is 0 Å². The lowest BCUT2D eigenvalue weighted by molar-refractivity contribution is 0.00129. The molecule has 3 nitrogen and oxygen atoms in total. The lowest BCUT2D eigenvalue weighted by atomic mass is 9.92. The molecule has 0 aromatic carbocycles. The summed E-state index contributed by atoms with van der Waals surface area (Å²) < 4.78 is 11.2. The van der Waals surface area contributed by atoms with Gasteiger partial charge in [0.05, 0.1) is 12.7 Å². The molecule has 0 aliphatic carbocycles. The van der Waals surface area contributed by atoms with Gasteiger partial charge in [-0.15, -0.1) is 0 Å². The molecule has 2 saturated heterocycles. The van der Waals surface area contributed by atoms with Gasteiger partial charge in [-0.25, -0.2) is 0 Å². The first kappa shape index (κ1) is 11.4. The molecule has 2 aliphatic heterocycles. The fourth-order valence-corrected chi connectivity index (χ4v) is 2.69. The first-order chi connectivity index (χ1) is 7.40. The summed E-state index contributed by atoms with van der Waals surface area (Å²) in [5.74, 6) is 0.695. The van der Waals surface area contributed by atoms with Crippen LogP contribution in [-0.4, -0.2) is 39.0 Å². The maximum Gasteiger partial charge on any atom is 0.0590 e. The Labute approximate surface area is 92.5 Å². The van der Waals surface area contributed by atoms with E-state index >= 15 is 0 Å². The van der Waals surface area contributed by atoms with Gasteiger partial charge in [-0.3, -0.25) is 0 Å². The standard InChI is InChI=1S/C12H23NO2/c1-13-12(10-5-7-14-9-10)8-11-4-2-3-6-15-11/h10-13H,2-9H2,1H3. The number of hydrogen-bond donors (Lipinski definition) is 1. The predicted octanol–water partition coefficient (Wildman–Crippen LogP) is 1.57. The highest BCUT2D eigenvalue weighted by Crippen LogP contribution is 2.24. The van der Waals surface area contributed by atoms with Crippen LogP contribution in [0.15, 0.2) is 0 Å². The van der Waals surface area contributed by atoms with E-state index in [9.17, 15) is 0 Å². The Kier molecular flexibility index (Phi) is 4.42. The molecule has 3 atom stereocenters. The van der Waals surface area contributed by atoms with Gasteiger partial charge < -0.3 is 14.8 Å². The highest BCUT2D eigenvalue weighted by Gasteiger charge is 2.27. The molecule has 2 rings (SSSR count). The summed E-state index contributed by atoms with van der Waals surface area (Å²) in [6, 6.07) is 0.579. The Morgan fingerprint density at radius 1 is 1.27 bits per heavy atom. The maximum atomic E-state index is 5.79.